The van der Waals surface area contributed by atoms with E-state index < -0.39 is 0 Å². The Morgan fingerprint density at radius 2 is 0.721 bits per heavy atom. The topological polar surface area (TPSA) is 39.4 Å². The van der Waals surface area contributed by atoms with Crippen LogP contribution in [0.25, 0.3) is 142 Å². The molecule has 0 fully saturated rings. The van der Waals surface area contributed by atoms with Gasteiger partial charge in [0, 0.05) is 37.7 Å². The van der Waals surface area contributed by atoms with Gasteiger partial charge in [-0.25, -0.2) is 0 Å². The second kappa shape index (κ2) is 12.2. The summed E-state index contributed by atoms with van der Waals surface area (Å²) in [6, 6.07) is 69.7. The van der Waals surface area contributed by atoms with Crippen LogP contribution in [0.5, 0.6) is 0 Å². The Hall–Kier alpha value is -8.14. The zero-order valence-electron chi connectivity index (χ0n) is 32.7. The molecule has 0 spiro atoms. The summed E-state index contributed by atoms with van der Waals surface area (Å²) in [7, 11) is 0. The predicted molar refractivity (Wildman–Crippen MR) is 255 cm³/mol. The molecule has 0 unspecified atom stereocenters. The Labute approximate surface area is 348 Å². The van der Waals surface area contributed by atoms with Gasteiger partial charge < -0.3 is 13.3 Å². The minimum atomic E-state index is 0.776. The Bertz CT molecular complexity index is 4110. The second-order valence-electron chi connectivity index (χ2n) is 16.3. The maximum atomic E-state index is 6.84. The Kier molecular flexibility index (Phi) is 6.56. The monoisotopic (exact) mass is 776 g/mol. The van der Waals surface area contributed by atoms with E-state index in [1.165, 1.54) is 49.0 Å². The van der Waals surface area contributed by atoms with Crippen molar-refractivity contribution in [3.63, 3.8) is 0 Å². The molecule has 0 atom stereocenters. The highest BCUT2D eigenvalue weighted by atomic mass is 16.4. The van der Waals surface area contributed by atoms with Crippen LogP contribution < -0.4 is 0 Å². The quantitative estimate of drug-likeness (QED) is 0.168. The van der Waals surface area contributed by atoms with Crippen molar-refractivity contribution in [1.82, 2.24) is 0 Å². The summed E-state index contributed by atoms with van der Waals surface area (Å²) in [4.78, 5) is 0. The van der Waals surface area contributed by atoms with E-state index >= 15 is 0 Å². The summed E-state index contributed by atoms with van der Waals surface area (Å²) in [5, 5.41) is 16.0. The fraction of sp³-hybridized carbons (Fsp3) is 0. The minimum absolute atomic E-state index is 0.776. The highest BCUT2D eigenvalue weighted by Crippen LogP contribution is 2.47. The van der Waals surface area contributed by atoms with Gasteiger partial charge in [0.15, 0.2) is 11.2 Å². The molecule has 0 bridgehead atoms. The van der Waals surface area contributed by atoms with Crippen molar-refractivity contribution in [2.45, 2.75) is 0 Å². The predicted octanol–water partition coefficient (Wildman–Crippen LogP) is 17.0. The van der Waals surface area contributed by atoms with E-state index in [9.17, 15) is 0 Å². The van der Waals surface area contributed by atoms with E-state index in [-0.39, 0.29) is 0 Å². The fourth-order valence-corrected chi connectivity index (χ4v) is 10.4. The number of hydrogen-bond acceptors (Lipinski definition) is 3. The van der Waals surface area contributed by atoms with Gasteiger partial charge in [-0.2, -0.15) is 0 Å². The molecule has 0 aliphatic heterocycles. The zero-order valence-corrected chi connectivity index (χ0v) is 32.7. The van der Waals surface area contributed by atoms with Gasteiger partial charge in [-0.1, -0.05) is 146 Å². The Morgan fingerprint density at radius 3 is 1.46 bits per heavy atom. The lowest BCUT2D eigenvalue weighted by Crippen LogP contribution is -1.91. The minimum Gasteiger partial charge on any atom is -0.456 e. The average Bonchev–Trinajstić information content (AvgIpc) is 4.01. The largest absolute Gasteiger partial charge is 0.456 e. The van der Waals surface area contributed by atoms with E-state index in [1.54, 1.807) is 0 Å². The average molecular weight is 777 g/mol. The van der Waals surface area contributed by atoms with E-state index in [1.807, 2.05) is 18.2 Å². The molecule has 61 heavy (non-hydrogen) atoms. The van der Waals surface area contributed by atoms with Crippen molar-refractivity contribution in [3.8, 4) is 33.4 Å². The number of furan rings is 3. The van der Waals surface area contributed by atoms with Gasteiger partial charge in [-0.3, -0.25) is 0 Å². The molecule has 0 aliphatic carbocycles. The van der Waals surface area contributed by atoms with Crippen molar-refractivity contribution in [2.24, 2.45) is 0 Å². The smallest absolute Gasteiger partial charge is 0.178 e. The number of benzene rings is 11. The van der Waals surface area contributed by atoms with E-state index in [4.69, 9.17) is 13.3 Å². The molecular formula is C58H32O3. The van der Waals surface area contributed by atoms with Crippen molar-refractivity contribution < 1.29 is 13.3 Å². The van der Waals surface area contributed by atoms with Crippen LogP contribution in [0, 0.1) is 0 Å². The molecule has 0 aliphatic rings. The van der Waals surface area contributed by atoms with Crippen LogP contribution in [0.15, 0.2) is 207 Å². The first-order valence-corrected chi connectivity index (χ1v) is 20.8. The van der Waals surface area contributed by atoms with Gasteiger partial charge in [0.1, 0.15) is 22.3 Å². The normalized spacial score (nSPS) is 12.3. The van der Waals surface area contributed by atoms with Gasteiger partial charge in [0.05, 0.1) is 0 Å². The highest BCUT2D eigenvalue weighted by molar-refractivity contribution is 6.26. The molecule has 0 saturated carbocycles. The number of para-hydroxylation sites is 1. The molecule has 0 saturated heterocycles. The first-order chi connectivity index (χ1) is 30.2. The lowest BCUT2D eigenvalue weighted by molar-refractivity contribution is 0.635. The van der Waals surface area contributed by atoms with Crippen molar-refractivity contribution in [2.75, 3.05) is 0 Å². The molecule has 11 aromatic carbocycles. The third-order valence-corrected chi connectivity index (χ3v) is 13.1. The molecule has 3 aromatic heterocycles. The third kappa shape index (κ3) is 4.58. The molecular weight excluding hydrogens is 745 g/mol. The standard InChI is InChI=1S/C58H32O3/c1-2-14-36-33(12-1)13-11-22-41(36)55-44-19-6-4-17-42(44)54(43-18-5-7-20-45(43)55)35-25-27-40-39-26-24-34(30-52(39)59-53(40)31-35)49-32-50-48-29-28-47-38-16-9-10-23-51(38)60-57(47)58(48)61-56(50)46-21-8-3-15-37(46)49/h1-32H. The zero-order chi connectivity index (χ0) is 39.8. The molecule has 3 nitrogen and oxygen atoms in total. The Balaban J connectivity index is 0.951. The van der Waals surface area contributed by atoms with Gasteiger partial charge in [-0.05, 0) is 120 Å². The molecule has 0 radical (unpaired) electrons. The Morgan fingerprint density at radius 1 is 0.230 bits per heavy atom. The highest BCUT2D eigenvalue weighted by Gasteiger charge is 2.22. The van der Waals surface area contributed by atoms with Gasteiger partial charge in [0.25, 0.3) is 0 Å². The number of rotatable bonds is 3. The third-order valence-electron chi connectivity index (χ3n) is 13.1. The number of fused-ring (bicyclic) bond motifs is 15. The van der Waals surface area contributed by atoms with Gasteiger partial charge in [-0.15, -0.1) is 0 Å². The molecule has 14 aromatic rings. The van der Waals surface area contributed by atoms with Crippen LogP contribution in [-0.2, 0) is 0 Å². The van der Waals surface area contributed by atoms with Crippen molar-refractivity contribution in [1.29, 1.82) is 0 Å². The lowest BCUT2D eigenvalue weighted by Gasteiger charge is -2.18. The van der Waals surface area contributed by atoms with Crippen molar-refractivity contribution >= 4 is 109 Å². The molecule has 14 rings (SSSR count). The summed E-state index contributed by atoms with van der Waals surface area (Å²) in [5.41, 5.74) is 12.1. The lowest BCUT2D eigenvalue weighted by atomic mass is 9.84. The van der Waals surface area contributed by atoms with Gasteiger partial charge >= 0.3 is 0 Å². The first-order valence-electron chi connectivity index (χ1n) is 20.8. The molecule has 3 heterocycles. The fourth-order valence-electron chi connectivity index (χ4n) is 10.4. The maximum absolute atomic E-state index is 6.84. The second-order valence-corrected chi connectivity index (χ2v) is 16.3. The molecule has 0 amide bonds. The van der Waals surface area contributed by atoms with Crippen LogP contribution in [0.3, 0.4) is 0 Å². The summed E-state index contributed by atoms with van der Waals surface area (Å²) in [6.45, 7) is 0. The van der Waals surface area contributed by atoms with Crippen LogP contribution >= 0.6 is 0 Å². The summed E-state index contributed by atoms with van der Waals surface area (Å²) >= 11 is 0. The van der Waals surface area contributed by atoms with Crippen LogP contribution in [-0.4, -0.2) is 0 Å². The number of hydrogen-bond donors (Lipinski definition) is 0. The van der Waals surface area contributed by atoms with Crippen LogP contribution in [0.2, 0.25) is 0 Å². The van der Waals surface area contributed by atoms with E-state index in [0.717, 1.165) is 93.3 Å². The van der Waals surface area contributed by atoms with Gasteiger partial charge in [0.2, 0.25) is 0 Å². The molecule has 3 heteroatoms. The summed E-state index contributed by atoms with van der Waals surface area (Å²) in [6.07, 6.45) is 0. The SMILES string of the molecule is c1ccc2c(-c3c4ccccc4c(-c4ccc5c(c4)oc4cc(-c6cc7c8ccc9c%10ccccc%10oc9c8oc7c7ccccc67)ccc45)c4ccccc34)cccc2c1. The first kappa shape index (κ1) is 32.8. The molecule has 282 valence electrons. The molecule has 0 N–H and O–H groups in total. The van der Waals surface area contributed by atoms with Crippen molar-refractivity contribution in [3.05, 3.63) is 194 Å². The summed E-state index contributed by atoms with van der Waals surface area (Å²) < 4.78 is 20.0. The van der Waals surface area contributed by atoms with E-state index in [0.29, 0.717) is 0 Å². The maximum Gasteiger partial charge on any atom is 0.178 e. The summed E-state index contributed by atoms with van der Waals surface area (Å²) in [5.74, 6) is 0. The van der Waals surface area contributed by atoms with E-state index in [2.05, 4.69) is 176 Å². The van der Waals surface area contributed by atoms with Crippen LogP contribution in [0.4, 0.5) is 0 Å². The van der Waals surface area contributed by atoms with Crippen LogP contribution in [0.1, 0.15) is 0 Å².